The second-order valence-corrected chi connectivity index (χ2v) is 6.93. The lowest BCUT2D eigenvalue weighted by molar-refractivity contribution is -0.130. The molecule has 0 saturated heterocycles. The van der Waals surface area contributed by atoms with Gasteiger partial charge in [0.2, 0.25) is 0 Å². The van der Waals surface area contributed by atoms with Crippen molar-refractivity contribution in [3.63, 3.8) is 0 Å². The molecular formula is C20H20ClN3O2. The molecular weight excluding hydrogens is 350 g/mol. The maximum Gasteiger partial charge on any atom is 0.261 e. The minimum atomic E-state index is -1.05. The van der Waals surface area contributed by atoms with Crippen molar-refractivity contribution in [2.45, 2.75) is 25.3 Å². The van der Waals surface area contributed by atoms with Crippen LogP contribution in [-0.4, -0.2) is 30.1 Å². The number of aliphatic imine (C=N–C) groups is 1. The van der Waals surface area contributed by atoms with Crippen LogP contribution in [-0.2, 0) is 21.5 Å². The normalized spacial score (nSPS) is 19.6. The molecule has 1 amide bonds. The average molecular weight is 370 g/mol. The Kier molecular flexibility index (Phi) is 4.83. The van der Waals surface area contributed by atoms with E-state index in [1.54, 1.807) is 14.0 Å². The highest BCUT2D eigenvalue weighted by Gasteiger charge is 2.43. The van der Waals surface area contributed by atoms with Crippen molar-refractivity contribution in [3.05, 3.63) is 58.6 Å². The van der Waals surface area contributed by atoms with Crippen LogP contribution in [0.25, 0.3) is 11.1 Å². The van der Waals surface area contributed by atoms with Crippen LogP contribution in [0.3, 0.4) is 0 Å². The molecule has 1 atom stereocenters. The predicted octanol–water partition coefficient (Wildman–Crippen LogP) is 3.14. The van der Waals surface area contributed by atoms with E-state index in [9.17, 15) is 9.59 Å². The fourth-order valence-corrected chi connectivity index (χ4v) is 3.38. The number of hydrogen-bond donors (Lipinski definition) is 1. The molecule has 2 aromatic rings. The first-order valence-corrected chi connectivity index (χ1v) is 8.71. The summed E-state index contributed by atoms with van der Waals surface area (Å²) in [6, 6.07) is 13.3. The molecule has 0 fully saturated rings. The molecule has 0 saturated carbocycles. The van der Waals surface area contributed by atoms with Gasteiger partial charge in [-0.3, -0.25) is 9.69 Å². The highest BCUT2D eigenvalue weighted by Crippen LogP contribution is 2.35. The lowest BCUT2D eigenvalue weighted by Crippen LogP contribution is -2.38. The number of hydrogen-bond acceptors (Lipinski definition) is 4. The number of halogens is 1. The first-order chi connectivity index (χ1) is 12.4. The van der Waals surface area contributed by atoms with Crippen LogP contribution in [0.1, 0.15) is 24.5 Å². The van der Waals surface area contributed by atoms with Gasteiger partial charge in [0.1, 0.15) is 6.29 Å². The van der Waals surface area contributed by atoms with Crippen molar-refractivity contribution in [1.29, 1.82) is 0 Å². The summed E-state index contributed by atoms with van der Waals surface area (Å²) in [5.41, 5.74) is 8.44. The molecule has 0 aromatic heterocycles. The number of carbonyl (C=O) groups is 2. The number of guanidine groups is 1. The molecule has 134 valence electrons. The number of likely N-dealkylation sites (N-methyl/N-ethyl adjacent to an activating group) is 1. The summed E-state index contributed by atoms with van der Waals surface area (Å²) in [5.74, 6) is 0.0387. The minimum Gasteiger partial charge on any atom is -0.369 e. The van der Waals surface area contributed by atoms with Crippen LogP contribution in [0.2, 0.25) is 5.02 Å². The molecule has 6 heteroatoms. The van der Waals surface area contributed by atoms with Gasteiger partial charge in [0, 0.05) is 18.5 Å². The Morgan fingerprint density at radius 1 is 1.27 bits per heavy atom. The third-order valence-electron chi connectivity index (χ3n) is 4.74. The zero-order valence-electron chi connectivity index (χ0n) is 14.7. The molecule has 0 bridgehead atoms. The van der Waals surface area contributed by atoms with Gasteiger partial charge >= 0.3 is 0 Å². The highest BCUT2D eigenvalue weighted by atomic mass is 35.5. The van der Waals surface area contributed by atoms with Gasteiger partial charge in [-0.05, 0) is 53.8 Å². The Balaban J connectivity index is 2.08. The van der Waals surface area contributed by atoms with Crippen molar-refractivity contribution < 1.29 is 9.59 Å². The standard InChI is InChI=1S/C20H20ClN3O2/c1-20(18(26)24(2)19(22)23-20)15-7-3-5-14(11-15)17-12-16(21)9-8-13(17)6-4-10-25/h3,5,7-12H,4,6H2,1-2H3,(H2,22,23). The van der Waals surface area contributed by atoms with Crippen molar-refractivity contribution in [2.75, 3.05) is 7.05 Å². The van der Waals surface area contributed by atoms with Gasteiger partial charge in [-0.2, -0.15) is 0 Å². The number of benzene rings is 2. The van der Waals surface area contributed by atoms with Gasteiger partial charge in [0.25, 0.3) is 5.91 Å². The first kappa shape index (κ1) is 18.1. The summed E-state index contributed by atoms with van der Waals surface area (Å²) < 4.78 is 0. The van der Waals surface area contributed by atoms with Gasteiger partial charge < -0.3 is 10.5 Å². The molecule has 2 aromatic carbocycles. The van der Waals surface area contributed by atoms with Crippen molar-refractivity contribution in [1.82, 2.24) is 4.90 Å². The van der Waals surface area contributed by atoms with E-state index >= 15 is 0 Å². The summed E-state index contributed by atoms with van der Waals surface area (Å²) >= 11 is 6.19. The molecule has 0 spiro atoms. The zero-order chi connectivity index (χ0) is 18.9. The lowest BCUT2D eigenvalue weighted by Gasteiger charge is -2.21. The van der Waals surface area contributed by atoms with Gasteiger partial charge in [-0.15, -0.1) is 0 Å². The Bertz CT molecular complexity index is 910. The second-order valence-electron chi connectivity index (χ2n) is 6.49. The minimum absolute atomic E-state index is 0.167. The van der Waals surface area contributed by atoms with Crippen LogP contribution in [0, 0.1) is 0 Å². The topological polar surface area (TPSA) is 75.8 Å². The number of aryl methyl sites for hydroxylation is 1. The quantitative estimate of drug-likeness (QED) is 0.822. The number of amides is 1. The van der Waals surface area contributed by atoms with Crippen molar-refractivity contribution in [3.8, 4) is 11.1 Å². The zero-order valence-corrected chi connectivity index (χ0v) is 15.5. The third-order valence-corrected chi connectivity index (χ3v) is 4.98. The fourth-order valence-electron chi connectivity index (χ4n) is 3.21. The summed E-state index contributed by atoms with van der Waals surface area (Å²) in [6.07, 6.45) is 1.97. The molecule has 0 radical (unpaired) electrons. The van der Waals surface area contributed by atoms with Crippen LogP contribution in [0.4, 0.5) is 0 Å². The van der Waals surface area contributed by atoms with E-state index in [0.29, 0.717) is 17.9 Å². The van der Waals surface area contributed by atoms with Gasteiger partial charge in [0.05, 0.1) is 0 Å². The Morgan fingerprint density at radius 3 is 2.69 bits per heavy atom. The summed E-state index contributed by atoms with van der Waals surface area (Å²) in [4.78, 5) is 29.1. The molecule has 1 unspecified atom stereocenters. The Hall–Kier alpha value is -2.66. The summed E-state index contributed by atoms with van der Waals surface area (Å²) in [6.45, 7) is 1.76. The van der Waals surface area contributed by atoms with Gasteiger partial charge in [-0.1, -0.05) is 35.9 Å². The number of aldehydes is 1. The first-order valence-electron chi connectivity index (χ1n) is 8.33. The van der Waals surface area contributed by atoms with E-state index in [4.69, 9.17) is 17.3 Å². The number of nitrogens with zero attached hydrogens (tertiary/aromatic N) is 2. The molecule has 26 heavy (non-hydrogen) atoms. The number of carbonyl (C=O) groups excluding carboxylic acids is 2. The predicted molar refractivity (Wildman–Crippen MR) is 103 cm³/mol. The number of rotatable bonds is 5. The van der Waals surface area contributed by atoms with Crippen molar-refractivity contribution in [2.24, 2.45) is 10.7 Å². The maximum absolute atomic E-state index is 12.6. The van der Waals surface area contributed by atoms with Gasteiger partial charge in [0.15, 0.2) is 11.5 Å². The highest BCUT2D eigenvalue weighted by molar-refractivity contribution is 6.30. The summed E-state index contributed by atoms with van der Waals surface area (Å²) in [7, 11) is 1.62. The maximum atomic E-state index is 12.6. The van der Waals surface area contributed by atoms with Crippen LogP contribution >= 0.6 is 11.6 Å². The largest absolute Gasteiger partial charge is 0.369 e. The molecule has 3 rings (SSSR count). The molecule has 1 aliphatic heterocycles. The fraction of sp³-hybridized carbons (Fsp3) is 0.250. The second kappa shape index (κ2) is 6.92. The molecule has 2 N–H and O–H groups in total. The number of nitrogens with two attached hydrogens (primary N) is 1. The third kappa shape index (κ3) is 3.10. The van der Waals surface area contributed by atoms with Crippen molar-refractivity contribution >= 4 is 29.8 Å². The van der Waals surface area contributed by atoms with Crippen LogP contribution in [0.5, 0.6) is 0 Å². The lowest BCUT2D eigenvalue weighted by atomic mass is 9.88. The molecule has 1 heterocycles. The van der Waals surface area contributed by atoms with E-state index in [1.807, 2.05) is 42.5 Å². The SMILES string of the molecule is CN1C(=O)C(C)(c2cccc(-c3cc(Cl)ccc3CCC=O)c2)N=C1N. The van der Waals surface area contributed by atoms with E-state index in [-0.39, 0.29) is 11.9 Å². The Labute approximate surface area is 157 Å². The Morgan fingerprint density at radius 2 is 2.04 bits per heavy atom. The monoisotopic (exact) mass is 369 g/mol. The molecule has 0 aliphatic carbocycles. The average Bonchev–Trinajstić information content (AvgIpc) is 2.84. The van der Waals surface area contributed by atoms with E-state index in [2.05, 4.69) is 4.99 Å². The van der Waals surface area contributed by atoms with Crippen LogP contribution in [0.15, 0.2) is 47.5 Å². The molecule has 5 nitrogen and oxygen atoms in total. The van der Waals surface area contributed by atoms with E-state index in [1.165, 1.54) is 4.90 Å². The van der Waals surface area contributed by atoms with E-state index in [0.717, 1.165) is 28.5 Å². The summed E-state index contributed by atoms with van der Waals surface area (Å²) in [5, 5.41) is 0.616. The molecule has 1 aliphatic rings. The van der Waals surface area contributed by atoms with Gasteiger partial charge in [-0.25, -0.2) is 4.99 Å². The van der Waals surface area contributed by atoms with Crippen LogP contribution < -0.4 is 5.73 Å². The smallest absolute Gasteiger partial charge is 0.261 e. The van der Waals surface area contributed by atoms with E-state index < -0.39 is 5.54 Å².